The van der Waals surface area contributed by atoms with Crippen LogP contribution in [0.1, 0.15) is 33.6 Å². The van der Waals surface area contributed by atoms with Crippen molar-refractivity contribution in [1.29, 1.82) is 0 Å². The number of carbonyl (C=O) groups is 1. The van der Waals surface area contributed by atoms with Gasteiger partial charge in [0.25, 0.3) is 0 Å². The van der Waals surface area contributed by atoms with Crippen molar-refractivity contribution in [2.45, 2.75) is 33.6 Å². The molecule has 5 nitrogen and oxygen atoms in total. The number of hydrogen-bond donors (Lipinski definition) is 3. The Balaban J connectivity index is 2.56. The largest absolute Gasteiger partial charge is 0.450 e. The summed E-state index contributed by atoms with van der Waals surface area (Å²) >= 11 is 0. The van der Waals surface area contributed by atoms with Crippen molar-refractivity contribution in [3.05, 3.63) is 24.3 Å². The van der Waals surface area contributed by atoms with Gasteiger partial charge in [-0.15, -0.1) is 0 Å². The molecule has 1 amide bonds. The average molecular weight is 294 g/mol. The van der Waals surface area contributed by atoms with Crippen molar-refractivity contribution >= 4 is 17.5 Å². The molecule has 0 aliphatic heterocycles. The lowest BCUT2D eigenvalue weighted by atomic mass is 9.83. The fourth-order valence-electron chi connectivity index (χ4n) is 2.03. The van der Waals surface area contributed by atoms with Crippen LogP contribution < -0.4 is 10.6 Å². The van der Waals surface area contributed by atoms with Gasteiger partial charge in [-0.1, -0.05) is 13.8 Å². The number of rotatable bonds is 8. The molecule has 0 aromatic heterocycles. The second-order valence-corrected chi connectivity index (χ2v) is 5.14. The Morgan fingerprint density at radius 1 is 1.14 bits per heavy atom. The summed E-state index contributed by atoms with van der Waals surface area (Å²) in [7, 11) is 0. The van der Waals surface area contributed by atoms with Gasteiger partial charge < -0.3 is 15.2 Å². The third kappa shape index (κ3) is 5.27. The highest BCUT2D eigenvalue weighted by Gasteiger charge is 2.24. The number of anilines is 2. The Morgan fingerprint density at radius 2 is 1.71 bits per heavy atom. The zero-order valence-corrected chi connectivity index (χ0v) is 13.1. The first-order valence-electron chi connectivity index (χ1n) is 7.47. The molecule has 0 bridgehead atoms. The van der Waals surface area contributed by atoms with Crippen LogP contribution in [0.3, 0.4) is 0 Å². The number of ether oxygens (including phenoxy) is 1. The highest BCUT2D eigenvalue weighted by atomic mass is 16.5. The Bertz CT molecular complexity index is 419. The van der Waals surface area contributed by atoms with E-state index in [4.69, 9.17) is 4.74 Å². The molecular formula is C16H26N2O3. The number of aliphatic hydroxyl groups is 1. The Morgan fingerprint density at radius 3 is 2.19 bits per heavy atom. The minimum absolute atomic E-state index is 0.0815. The van der Waals surface area contributed by atoms with E-state index in [1.54, 1.807) is 6.92 Å². The SMILES string of the molecule is CCOC(=O)Nc1ccc(NCC(CC)(CC)CO)cc1. The van der Waals surface area contributed by atoms with Crippen molar-refractivity contribution < 1.29 is 14.6 Å². The molecule has 0 aliphatic carbocycles. The second kappa shape index (κ2) is 8.52. The number of amides is 1. The van der Waals surface area contributed by atoms with E-state index in [-0.39, 0.29) is 12.0 Å². The van der Waals surface area contributed by atoms with Gasteiger partial charge in [0.1, 0.15) is 0 Å². The molecule has 3 N–H and O–H groups in total. The van der Waals surface area contributed by atoms with Crippen LogP contribution in [-0.4, -0.2) is 31.0 Å². The predicted octanol–water partition coefficient (Wildman–Crippen LogP) is 3.47. The van der Waals surface area contributed by atoms with Crippen LogP contribution in [0.2, 0.25) is 0 Å². The lowest BCUT2D eigenvalue weighted by molar-refractivity contribution is 0.127. The van der Waals surface area contributed by atoms with Gasteiger partial charge in [-0.05, 0) is 44.0 Å². The fraction of sp³-hybridized carbons (Fsp3) is 0.562. The second-order valence-electron chi connectivity index (χ2n) is 5.14. The molecule has 0 radical (unpaired) electrons. The molecule has 5 heteroatoms. The normalized spacial score (nSPS) is 11.0. The standard InChI is InChI=1S/C16H26N2O3/c1-4-16(5-2,12-19)11-17-13-7-9-14(10-8-13)18-15(20)21-6-3/h7-10,17,19H,4-6,11-12H2,1-3H3,(H,18,20). The number of hydrogen-bond acceptors (Lipinski definition) is 4. The van der Waals surface area contributed by atoms with Crippen molar-refractivity contribution in [2.75, 3.05) is 30.4 Å². The number of carbonyl (C=O) groups excluding carboxylic acids is 1. The Kier molecular flexibility index (Phi) is 7.02. The minimum Gasteiger partial charge on any atom is -0.450 e. The van der Waals surface area contributed by atoms with E-state index < -0.39 is 6.09 Å². The minimum atomic E-state index is -0.450. The van der Waals surface area contributed by atoms with Crippen molar-refractivity contribution in [2.24, 2.45) is 5.41 Å². The van der Waals surface area contributed by atoms with E-state index in [2.05, 4.69) is 24.5 Å². The predicted molar refractivity (Wildman–Crippen MR) is 85.7 cm³/mol. The van der Waals surface area contributed by atoms with Gasteiger partial charge in [-0.3, -0.25) is 5.32 Å². The van der Waals surface area contributed by atoms with Crippen LogP contribution >= 0.6 is 0 Å². The van der Waals surface area contributed by atoms with Gasteiger partial charge in [-0.2, -0.15) is 0 Å². The fourth-order valence-corrected chi connectivity index (χ4v) is 2.03. The van der Waals surface area contributed by atoms with E-state index >= 15 is 0 Å². The summed E-state index contributed by atoms with van der Waals surface area (Å²) in [5.74, 6) is 0. The van der Waals surface area contributed by atoms with Gasteiger partial charge in [0.15, 0.2) is 0 Å². The summed E-state index contributed by atoms with van der Waals surface area (Å²) in [5.41, 5.74) is 1.57. The summed E-state index contributed by atoms with van der Waals surface area (Å²) < 4.78 is 4.82. The number of aliphatic hydroxyl groups excluding tert-OH is 1. The molecule has 21 heavy (non-hydrogen) atoms. The Hall–Kier alpha value is -1.75. The molecule has 0 fully saturated rings. The molecule has 0 aliphatic rings. The maximum atomic E-state index is 11.3. The van der Waals surface area contributed by atoms with E-state index in [9.17, 15) is 9.90 Å². The van der Waals surface area contributed by atoms with E-state index in [1.165, 1.54) is 0 Å². The molecular weight excluding hydrogens is 268 g/mol. The molecule has 0 saturated carbocycles. The van der Waals surface area contributed by atoms with E-state index in [0.717, 1.165) is 25.1 Å². The van der Waals surface area contributed by atoms with Gasteiger partial charge in [0.05, 0.1) is 13.2 Å². The zero-order valence-electron chi connectivity index (χ0n) is 13.1. The first-order chi connectivity index (χ1) is 10.1. The topological polar surface area (TPSA) is 70.6 Å². The number of benzene rings is 1. The smallest absolute Gasteiger partial charge is 0.411 e. The van der Waals surface area contributed by atoms with Gasteiger partial charge in [0, 0.05) is 23.3 Å². The molecule has 0 atom stereocenters. The summed E-state index contributed by atoms with van der Waals surface area (Å²) in [6, 6.07) is 7.43. The van der Waals surface area contributed by atoms with E-state index in [0.29, 0.717) is 12.3 Å². The highest BCUT2D eigenvalue weighted by molar-refractivity contribution is 5.84. The van der Waals surface area contributed by atoms with Crippen molar-refractivity contribution in [3.63, 3.8) is 0 Å². The lowest BCUT2D eigenvalue weighted by Gasteiger charge is -2.30. The van der Waals surface area contributed by atoms with Crippen molar-refractivity contribution in [1.82, 2.24) is 0 Å². The number of nitrogens with one attached hydrogen (secondary N) is 2. The lowest BCUT2D eigenvalue weighted by Crippen LogP contribution is -2.32. The van der Waals surface area contributed by atoms with Crippen LogP contribution in [0, 0.1) is 5.41 Å². The van der Waals surface area contributed by atoms with E-state index in [1.807, 2.05) is 24.3 Å². The van der Waals surface area contributed by atoms with Gasteiger partial charge in [0.2, 0.25) is 0 Å². The maximum absolute atomic E-state index is 11.3. The zero-order chi connectivity index (χ0) is 15.7. The molecule has 0 spiro atoms. The third-order valence-corrected chi connectivity index (χ3v) is 3.91. The molecule has 1 rings (SSSR count). The monoisotopic (exact) mass is 294 g/mol. The first-order valence-corrected chi connectivity index (χ1v) is 7.47. The van der Waals surface area contributed by atoms with Crippen LogP contribution in [0.4, 0.5) is 16.2 Å². The molecule has 0 unspecified atom stereocenters. The van der Waals surface area contributed by atoms with Crippen LogP contribution in [0.25, 0.3) is 0 Å². The summed E-state index contributed by atoms with van der Waals surface area (Å²) in [4.78, 5) is 11.3. The summed E-state index contributed by atoms with van der Waals surface area (Å²) in [6.45, 7) is 7.20. The van der Waals surface area contributed by atoms with Crippen molar-refractivity contribution in [3.8, 4) is 0 Å². The van der Waals surface area contributed by atoms with Gasteiger partial charge in [-0.25, -0.2) is 4.79 Å². The quantitative estimate of drug-likeness (QED) is 0.686. The molecule has 0 saturated heterocycles. The third-order valence-electron chi connectivity index (χ3n) is 3.91. The van der Waals surface area contributed by atoms with Gasteiger partial charge >= 0.3 is 6.09 Å². The molecule has 1 aromatic rings. The first kappa shape index (κ1) is 17.3. The average Bonchev–Trinajstić information content (AvgIpc) is 2.51. The van der Waals surface area contributed by atoms with Crippen LogP contribution in [0.15, 0.2) is 24.3 Å². The Labute approximate surface area is 126 Å². The molecule has 1 aromatic carbocycles. The molecule has 0 heterocycles. The molecule has 118 valence electrons. The van der Waals surface area contributed by atoms with Crippen LogP contribution in [0.5, 0.6) is 0 Å². The summed E-state index contributed by atoms with van der Waals surface area (Å²) in [5, 5.41) is 15.5. The highest BCUT2D eigenvalue weighted by Crippen LogP contribution is 2.26. The van der Waals surface area contributed by atoms with Crippen LogP contribution in [-0.2, 0) is 4.74 Å². The maximum Gasteiger partial charge on any atom is 0.411 e. The summed E-state index contributed by atoms with van der Waals surface area (Å²) in [6.07, 6.45) is 1.40.